The van der Waals surface area contributed by atoms with E-state index in [4.69, 9.17) is 4.74 Å². The molecule has 47 heavy (non-hydrogen) atoms. The average Bonchev–Trinajstić information content (AvgIpc) is 3.25. The number of carbonyl (C=O) groups is 2. The standard InChI is InChI=1S/C39H49FN2O3.2ClH/c1-4-45-38(44)39(2,3)35-9-5-8-31(25-35)28-42-23-19-32-13-14-34(26-33(32)20-24-42)37(43)10-6-7-29-17-21-41(22-18-29)27-30-11-15-36(40)16-12-30;;/h5,8-9,11-16,25-26,29H,4,6-7,10,17-24,27-28H2,1-3H3;2*1H. The number of carbonyl (C=O) groups excluding carboxylic acids is 2. The Kier molecular flexibility index (Phi) is 14.9. The number of piperidine rings is 1. The molecule has 0 spiro atoms. The van der Waals surface area contributed by atoms with Gasteiger partial charge in [-0.05, 0) is 124 Å². The van der Waals surface area contributed by atoms with E-state index in [0.29, 0.717) is 18.9 Å². The number of rotatable bonds is 12. The highest BCUT2D eigenvalue weighted by atomic mass is 35.5. The van der Waals surface area contributed by atoms with E-state index in [1.807, 2.05) is 51.1 Å². The van der Waals surface area contributed by atoms with Crippen LogP contribution in [0.3, 0.4) is 0 Å². The molecular weight excluding hydrogens is 634 g/mol. The average molecular weight is 686 g/mol. The molecule has 0 N–H and O–H groups in total. The second kappa shape index (κ2) is 18.1. The lowest BCUT2D eigenvalue weighted by molar-refractivity contribution is -0.148. The lowest BCUT2D eigenvalue weighted by atomic mass is 9.84. The third-order valence-corrected chi connectivity index (χ3v) is 9.81. The Morgan fingerprint density at radius 3 is 2.19 bits per heavy atom. The van der Waals surface area contributed by atoms with Crippen LogP contribution in [0.4, 0.5) is 4.39 Å². The van der Waals surface area contributed by atoms with E-state index in [1.54, 1.807) is 0 Å². The summed E-state index contributed by atoms with van der Waals surface area (Å²) in [6.07, 6.45) is 6.89. The maximum absolute atomic E-state index is 13.2. The first-order chi connectivity index (χ1) is 21.7. The van der Waals surface area contributed by atoms with Crippen LogP contribution < -0.4 is 0 Å². The number of likely N-dealkylation sites (tertiary alicyclic amines) is 1. The fourth-order valence-electron chi connectivity index (χ4n) is 6.83. The molecule has 2 aliphatic rings. The van der Waals surface area contributed by atoms with Gasteiger partial charge >= 0.3 is 5.97 Å². The minimum Gasteiger partial charge on any atom is -0.465 e. The third kappa shape index (κ3) is 10.6. The highest BCUT2D eigenvalue weighted by molar-refractivity contribution is 5.96. The summed E-state index contributed by atoms with van der Waals surface area (Å²) in [5.41, 5.74) is 6.15. The van der Waals surface area contributed by atoms with Crippen LogP contribution in [0.5, 0.6) is 0 Å². The number of hydrogen-bond acceptors (Lipinski definition) is 5. The van der Waals surface area contributed by atoms with E-state index in [1.165, 1.54) is 28.8 Å². The third-order valence-electron chi connectivity index (χ3n) is 9.81. The van der Waals surface area contributed by atoms with Crippen molar-refractivity contribution in [2.24, 2.45) is 5.92 Å². The normalized spacial score (nSPS) is 15.9. The van der Waals surface area contributed by atoms with Crippen molar-refractivity contribution in [3.8, 4) is 0 Å². The maximum atomic E-state index is 13.2. The SMILES string of the molecule is CCOC(=O)C(C)(C)c1cccc(CN2CCc3ccc(C(=O)CCCC4CCN(Cc5ccc(F)cc5)CC4)cc3CC2)c1.Cl.Cl. The minimum atomic E-state index is -0.687. The van der Waals surface area contributed by atoms with Crippen LogP contribution in [0.1, 0.15) is 91.1 Å². The van der Waals surface area contributed by atoms with Crippen molar-refractivity contribution in [3.05, 3.63) is 106 Å². The number of Topliss-reactive ketones (excluding diaryl/α,β-unsaturated/α-hetero) is 1. The van der Waals surface area contributed by atoms with Crippen molar-refractivity contribution in [3.63, 3.8) is 0 Å². The Bertz CT molecular complexity index is 1450. The number of halogens is 3. The summed E-state index contributed by atoms with van der Waals surface area (Å²) in [6.45, 7) is 11.8. The molecule has 3 aromatic rings. The lowest BCUT2D eigenvalue weighted by Gasteiger charge is -2.32. The first-order valence-electron chi connectivity index (χ1n) is 16.8. The van der Waals surface area contributed by atoms with Gasteiger partial charge in [0.05, 0.1) is 12.0 Å². The summed E-state index contributed by atoms with van der Waals surface area (Å²) in [6, 6.07) is 21.5. The summed E-state index contributed by atoms with van der Waals surface area (Å²) in [5, 5.41) is 0. The zero-order valence-electron chi connectivity index (χ0n) is 28.1. The highest BCUT2D eigenvalue weighted by Gasteiger charge is 2.31. The Hall–Kier alpha value is -2.77. The molecule has 2 aliphatic heterocycles. The molecular formula is C39H51Cl2FN2O3. The zero-order chi connectivity index (χ0) is 31.8. The monoisotopic (exact) mass is 684 g/mol. The maximum Gasteiger partial charge on any atom is 0.315 e. The number of fused-ring (bicyclic) bond motifs is 1. The number of hydrogen-bond donors (Lipinski definition) is 0. The number of nitrogens with zero attached hydrogens (tertiary/aromatic N) is 2. The number of ketones is 1. The van der Waals surface area contributed by atoms with Gasteiger partial charge in [0, 0.05) is 38.2 Å². The quantitative estimate of drug-likeness (QED) is 0.142. The van der Waals surface area contributed by atoms with Crippen LogP contribution >= 0.6 is 24.8 Å². The summed E-state index contributed by atoms with van der Waals surface area (Å²) < 4.78 is 18.5. The van der Waals surface area contributed by atoms with E-state index in [2.05, 4.69) is 34.1 Å². The van der Waals surface area contributed by atoms with Crippen LogP contribution in [0.15, 0.2) is 66.7 Å². The van der Waals surface area contributed by atoms with Crippen molar-refractivity contribution in [1.29, 1.82) is 0 Å². The molecule has 0 radical (unpaired) electrons. The Balaban J connectivity index is 0.00000300. The Morgan fingerprint density at radius 1 is 0.830 bits per heavy atom. The molecule has 3 aromatic carbocycles. The first kappa shape index (κ1) is 38.7. The summed E-state index contributed by atoms with van der Waals surface area (Å²) in [7, 11) is 0. The molecule has 256 valence electrons. The van der Waals surface area contributed by atoms with Gasteiger partial charge in [-0.25, -0.2) is 4.39 Å². The molecule has 0 bridgehead atoms. The van der Waals surface area contributed by atoms with Gasteiger partial charge in [-0.3, -0.25) is 19.4 Å². The molecule has 0 atom stereocenters. The predicted molar refractivity (Wildman–Crippen MR) is 192 cm³/mol. The minimum absolute atomic E-state index is 0. The van der Waals surface area contributed by atoms with Crippen molar-refractivity contribution in [2.45, 2.75) is 84.2 Å². The van der Waals surface area contributed by atoms with E-state index in [0.717, 1.165) is 94.5 Å². The van der Waals surface area contributed by atoms with Crippen molar-refractivity contribution in [1.82, 2.24) is 9.80 Å². The van der Waals surface area contributed by atoms with Crippen LogP contribution in [0.2, 0.25) is 0 Å². The van der Waals surface area contributed by atoms with Crippen molar-refractivity contribution >= 4 is 36.6 Å². The van der Waals surface area contributed by atoms with Crippen LogP contribution in [0.25, 0.3) is 0 Å². The van der Waals surface area contributed by atoms with Gasteiger partial charge in [0.15, 0.2) is 5.78 Å². The fourth-order valence-corrected chi connectivity index (χ4v) is 6.83. The molecule has 0 amide bonds. The molecule has 1 saturated heterocycles. The second-order valence-corrected chi connectivity index (χ2v) is 13.5. The van der Waals surface area contributed by atoms with E-state index in [9.17, 15) is 14.0 Å². The van der Waals surface area contributed by atoms with E-state index < -0.39 is 5.41 Å². The van der Waals surface area contributed by atoms with Gasteiger partial charge in [-0.1, -0.05) is 48.5 Å². The molecule has 0 saturated carbocycles. The Labute approximate surface area is 293 Å². The first-order valence-corrected chi connectivity index (χ1v) is 16.8. The molecule has 8 heteroatoms. The van der Waals surface area contributed by atoms with Crippen LogP contribution in [-0.2, 0) is 40.9 Å². The molecule has 0 aromatic heterocycles. The van der Waals surface area contributed by atoms with E-state index >= 15 is 0 Å². The van der Waals surface area contributed by atoms with Gasteiger partial charge in [-0.2, -0.15) is 0 Å². The van der Waals surface area contributed by atoms with Gasteiger partial charge < -0.3 is 4.74 Å². The predicted octanol–water partition coefficient (Wildman–Crippen LogP) is 8.38. The smallest absolute Gasteiger partial charge is 0.315 e. The largest absolute Gasteiger partial charge is 0.465 e. The zero-order valence-corrected chi connectivity index (χ0v) is 29.8. The number of ether oxygens (including phenoxy) is 1. The van der Waals surface area contributed by atoms with Crippen LogP contribution in [0, 0.1) is 11.7 Å². The van der Waals surface area contributed by atoms with Gasteiger partial charge in [-0.15, -0.1) is 24.8 Å². The topological polar surface area (TPSA) is 49.9 Å². The van der Waals surface area contributed by atoms with Crippen molar-refractivity contribution in [2.75, 3.05) is 32.8 Å². The van der Waals surface area contributed by atoms with Gasteiger partial charge in [0.1, 0.15) is 5.82 Å². The number of esters is 1. The molecule has 2 heterocycles. The molecule has 1 fully saturated rings. The van der Waals surface area contributed by atoms with Crippen LogP contribution in [-0.4, -0.2) is 54.3 Å². The molecule has 0 aliphatic carbocycles. The van der Waals surface area contributed by atoms with Gasteiger partial charge in [0.2, 0.25) is 0 Å². The Morgan fingerprint density at radius 2 is 1.49 bits per heavy atom. The molecule has 5 rings (SSSR count). The summed E-state index contributed by atoms with van der Waals surface area (Å²) in [4.78, 5) is 30.6. The second-order valence-electron chi connectivity index (χ2n) is 13.5. The summed E-state index contributed by atoms with van der Waals surface area (Å²) in [5.74, 6) is 0.556. The van der Waals surface area contributed by atoms with E-state index in [-0.39, 0.29) is 42.4 Å². The molecule has 5 nitrogen and oxygen atoms in total. The number of benzene rings is 3. The lowest BCUT2D eigenvalue weighted by Crippen LogP contribution is -2.33. The molecule has 0 unspecified atom stereocenters. The fraction of sp³-hybridized carbons (Fsp3) is 0.487. The van der Waals surface area contributed by atoms with Crippen molar-refractivity contribution < 1.29 is 18.7 Å². The summed E-state index contributed by atoms with van der Waals surface area (Å²) >= 11 is 0. The highest BCUT2D eigenvalue weighted by Crippen LogP contribution is 2.28. The van der Waals surface area contributed by atoms with Gasteiger partial charge in [0.25, 0.3) is 0 Å².